The van der Waals surface area contributed by atoms with Crippen LogP contribution in [0.2, 0.25) is 5.02 Å². The molecule has 6 nitrogen and oxygen atoms in total. The van der Waals surface area contributed by atoms with Gasteiger partial charge in [-0.25, -0.2) is 4.39 Å². The van der Waals surface area contributed by atoms with E-state index >= 15 is 0 Å². The highest BCUT2D eigenvalue weighted by molar-refractivity contribution is 6.30. The Morgan fingerprint density at radius 3 is 2.74 bits per heavy atom. The zero-order valence-electron chi connectivity index (χ0n) is 15.2. The third-order valence-corrected chi connectivity index (χ3v) is 5.62. The fourth-order valence-corrected chi connectivity index (χ4v) is 3.99. The molecule has 1 N–H and O–H groups in total. The van der Waals surface area contributed by atoms with Gasteiger partial charge in [0.05, 0.1) is 30.5 Å². The monoisotopic (exact) mass is 394 g/mol. The largest absolute Gasteiger partial charge is 0.379 e. The van der Waals surface area contributed by atoms with E-state index in [1.807, 2.05) is 0 Å². The second-order valence-electron chi connectivity index (χ2n) is 7.19. The number of hydrogen-bond donors (Lipinski definition) is 1. The Morgan fingerprint density at radius 1 is 1.15 bits per heavy atom. The van der Waals surface area contributed by atoms with Crippen LogP contribution in [0.4, 0.5) is 4.39 Å². The number of morpholine rings is 1. The molecule has 0 amide bonds. The van der Waals surface area contributed by atoms with E-state index in [9.17, 15) is 9.18 Å². The molecule has 0 bridgehead atoms. The minimum atomic E-state index is -0.400. The number of aromatic nitrogens is 2. The summed E-state index contributed by atoms with van der Waals surface area (Å²) in [4.78, 5) is 17.2. The van der Waals surface area contributed by atoms with Crippen molar-refractivity contribution in [1.82, 2.24) is 19.6 Å². The van der Waals surface area contributed by atoms with E-state index in [2.05, 4.69) is 14.9 Å². The van der Waals surface area contributed by atoms with Gasteiger partial charge in [0.2, 0.25) is 0 Å². The van der Waals surface area contributed by atoms with Crippen molar-refractivity contribution in [3.8, 4) is 0 Å². The van der Waals surface area contributed by atoms with Gasteiger partial charge in [0.25, 0.3) is 5.56 Å². The Hall–Kier alpha value is -1.67. The standard InChI is InChI=1S/C19H24ClFN4O2/c20-16-11-14(1-2-17(16)21)12-24-4-3-15-18(13-24)22-25(19(15)26)6-5-23-7-9-27-10-8-23/h1-2,11,22H,3-10,12-13H2. The van der Waals surface area contributed by atoms with Gasteiger partial charge < -0.3 is 4.74 Å². The van der Waals surface area contributed by atoms with Crippen LogP contribution in [0.5, 0.6) is 0 Å². The van der Waals surface area contributed by atoms with E-state index < -0.39 is 5.82 Å². The van der Waals surface area contributed by atoms with Gasteiger partial charge in [-0.1, -0.05) is 17.7 Å². The molecule has 0 radical (unpaired) electrons. The van der Waals surface area contributed by atoms with Crippen LogP contribution in [0, 0.1) is 5.82 Å². The minimum absolute atomic E-state index is 0.0998. The molecule has 1 aromatic heterocycles. The normalized spacial score (nSPS) is 18.6. The summed E-state index contributed by atoms with van der Waals surface area (Å²) < 4.78 is 20.4. The van der Waals surface area contributed by atoms with Gasteiger partial charge >= 0.3 is 0 Å². The van der Waals surface area contributed by atoms with Crippen molar-refractivity contribution in [2.75, 3.05) is 39.4 Å². The molecule has 0 atom stereocenters. The number of nitrogens with one attached hydrogen (secondary N) is 1. The van der Waals surface area contributed by atoms with Gasteiger partial charge in [-0.3, -0.25) is 24.4 Å². The minimum Gasteiger partial charge on any atom is -0.379 e. The van der Waals surface area contributed by atoms with Crippen molar-refractivity contribution < 1.29 is 9.13 Å². The van der Waals surface area contributed by atoms with Gasteiger partial charge in [0.15, 0.2) is 0 Å². The molecule has 2 aliphatic rings. The predicted octanol–water partition coefficient (Wildman–Crippen LogP) is 1.86. The van der Waals surface area contributed by atoms with Crippen LogP contribution in [0.3, 0.4) is 0 Å². The molecule has 27 heavy (non-hydrogen) atoms. The predicted molar refractivity (Wildman–Crippen MR) is 102 cm³/mol. The first kappa shape index (κ1) is 18.7. The zero-order chi connectivity index (χ0) is 18.8. The lowest BCUT2D eigenvalue weighted by molar-refractivity contribution is 0.0358. The molecule has 3 heterocycles. The average molecular weight is 395 g/mol. The summed E-state index contributed by atoms with van der Waals surface area (Å²) in [6.07, 6.45) is 0.726. The number of aromatic amines is 1. The first-order valence-corrected chi connectivity index (χ1v) is 9.75. The SMILES string of the molecule is O=c1c2c([nH]n1CCN1CCOCC1)CN(Cc1ccc(F)c(Cl)c1)CC2. The zero-order valence-corrected chi connectivity index (χ0v) is 16.0. The maximum absolute atomic E-state index is 13.3. The molecule has 146 valence electrons. The lowest BCUT2D eigenvalue weighted by atomic mass is 10.1. The van der Waals surface area contributed by atoms with Crippen molar-refractivity contribution in [2.45, 2.75) is 26.1 Å². The third-order valence-electron chi connectivity index (χ3n) is 5.33. The van der Waals surface area contributed by atoms with E-state index in [-0.39, 0.29) is 10.6 Å². The summed E-state index contributed by atoms with van der Waals surface area (Å²) in [7, 11) is 0. The summed E-state index contributed by atoms with van der Waals surface area (Å²) >= 11 is 5.88. The highest BCUT2D eigenvalue weighted by Gasteiger charge is 2.23. The molecule has 1 fully saturated rings. The first-order chi connectivity index (χ1) is 13.1. The fourth-order valence-electron chi connectivity index (χ4n) is 3.79. The van der Waals surface area contributed by atoms with E-state index in [0.717, 1.165) is 62.6 Å². The number of benzene rings is 1. The number of fused-ring (bicyclic) bond motifs is 1. The number of halogens is 2. The fraction of sp³-hybridized carbons (Fsp3) is 0.526. The quantitative estimate of drug-likeness (QED) is 0.841. The highest BCUT2D eigenvalue weighted by Crippen LogP contribution is 2.20. The van der Waals surface area contributed by atoms with Gasteiger partial charge in [0, 0.05) is 44.8 Å². The van der Waals surface area contributed by atoms with Crippen molar-refractivity contribution in [2.24, 2.45) is 0 Å². The molecule has 2 aromatic rings. The second-order valence-corrected chi connectivity index (χ2v) is 7.60. The van der Waals surface area contributed by atoms with Crippen LogP contribution in [-0.2, 0) is 30.8 Å². The molecule has 0 unspecified atom stereocenters. The average Bonchev–Trinajstić information content (AvgIpc) is 2.99. The van der Waals surface area contributed by atoms with E-state index in [0.29, 0.717) is 19.6 Å². The topological polar surface area (TPSA) is 53.5 Å². The Labute approximate surface area is 162 Å². The Morgan fingerprint density at radius 2 is 1.96 bits per heavy atom. The van der Waals surface area contributed by atoms with Crippen molar-refractivity contribution in [3.05, 3.63) is 56.2 Å². The number of H-pyrrole nitrogens is 1. The molecular weight excluding hydrogens is 371 g/mol. The summed E-state index contributed by atoms with van der Waals surface area (Å²) in [5, 5.41) is 3.44. The lowest BCUT2D eigenvalue weighted by Crippen LogP contribution is -2.39. The molecule has 8 heteroatoms. The highest BCUT2D eigenvalue weighted by atomic mass is 35.5. The van der Waals surface area contributed by atoms with Crippen molar-refractivity contribution in [3.63, 3.8) is 0 Å². The maximum atomic E-state index is 13.3. The second kappa shape index (κ2) is 8.14. The molecule has 1 aromatic carbocycles. The molecule has 0 aliphatic carbocycles. The molecule has 1 saturated heterocycles. The molecule has 0 spiro atoms. The summed E-state index contributed by atoms with van der Waals surface area (Å²) in [6.45, 7) is 7.05. The van der Waals surface area contributed by atoms with Crippen LogP contribution in [0.15, 0.2) is 23.0 Å². The van der Waals surface area contributed by atoms with Gasteiger partial charge in [-0.05, 0) is 24.1 Å². The Bertz CT molecular complexity index is 860. The molecule has 2 aliphatic heterocycles. The van der Waals surface area contributed by atoms with Crippen LogP contribution in [0.25, 0.3) is 0 Å². The Kier molecular flexibility index (Phi) is 5.63. The smallest absolute Gasteiger partial charge is 0.270 e. The van der Waals surface area contributed by atoms with E-state index in [1.165, 1.54) is 6.07 Å². The van der Waals surface area contributed by atoms with Crippen LogP contribution < -0.4 is 5.56 Å². The van der Waals surface area contributed by atoms with Crippen molar-refractivity contribution >= 4 is 11.6 Å². The summed E-state index contributed by atoms with van der Waals surface area (Å²) in [5.74, 6) is -0.400. The van der Waals surface area contributed by atoms with Gasteiger partial charge in [0.1, 0.15) is 5.82 Å². The van der Waals surface area contributed by atoms with Crippen LogP contribution in [-0.4, -0.2) is 59.0 Å². The van der Waals surface area contributed by atoms with Crippen molar-refractivity contribution in [1.29, 1.82) is 0 Å². The summed E-state index contributed by atoms with van der Waals surface area (Å²) in [6, 6.07) is 4.83. The molecule has 4 rings (SSSR count). The number of rotatable bonds is 5. The maximum Gasteiger partial charge on any atom is 0.270 e. The Balaban J connectivity index is 1.40. The van der Waals surface area contributed by atoms with Gasteiger partial charge in [-0.2, -0.15) is 0 Å². The van der Waals surface area contributed by atoms with E-state index in [4.69, 9.17) is 16.3 Å². The van der Waals surface area contributed by atoms with Gasteiger partial charge in [-0.15, -0.1) is 0 Å². The summed E-state index contributed by atoms with van der Waals surface area (Å²) in [5.41, 5.74) is 2.95. The first-order valence-electron chi connectivity index (χ1n) is 9.37. The van der Waals surface area contributed by atoms with E-state index in [1.54, 1.807) is 16.8 Å². The number of ether oxygens (including phenoxy) is 1. The number of hydrogen-bond acceptors (Lipinski definition) is 4. The van der Waals surface area contributed by atoms with Crippen LogP contribution in [0.1, 0.15) is 16.8 Å². The molecule has 0 saturated carbocycles. The molecular formula is C19H24ClFN4O2. The lowest BCUT2D eigenvalue weighted by Gasteiger charge is -2.26. The van der Waals surface area contributed by atoms with Crippen LogP contribution >= 0.6 is 11.6 Å². The third kappa shape index (κ3) is 4.27. The number of nitrogens with zero attached hydrogens (tertiary/aromatic N) is 3.